The molecule has 1 aromatic heterocycles. The molecule has 1 saturated heterocycles. The van der Waals surface area contributed by atoms with Gasteiger partial charge in [-0.15, -0.1) is 5.10 Å². The fourth-order valence-electron chi connectivity index (χ4n) is 5.59. The van der Waals surface area contributed by atoms with Gasteiger partial charge in [0.25, 0.3) is 5.91 Å². The van der Waals surface area contributed by atoms with Crippen LogP contribution in [0.1, 0.15) is 83.7 Å². The van der Waals surface area contributed by atoms with E-state index in [1.807, 2.05) is 0 Å². The SMILES string of the molecule is CCC(=O)COCCCC(=O)CC[C@H](NC(=O)C1O[C@H](CCC(=O)Cn2cc(COCCOCCOCC[18F])nn2)[C@H](O)C(O)[C@@H]1O)C(=O)CCCOCC(=O)CC. The fourth-order valence-corrected chi connectivity index (χ4v) is 5.59. The molecule has 19 nitrogen and oxygen atoms in total. The van der Waals surface area contributed by atoms with Gasteiger partial charge in [0.15, 0.2) is 29.2 Å². The standard InChI is InChI=1S/C38H61FN4O15/c1-3-27(44)24-55-14-5-7-29(46)9-11-31(32(48)8-6-15-56-25-28(45)4-2)40-38(52)37-36(51)35(50)34(49)33(58-37)12-10-30(47)22-43-21-26(41-42-43)23-57-20-19-54-18-17-53-16-13-39/h21,31,33-37,49-51H,3-20,22-25H2,1-2H3,(H,40,52)/t31-,33+,34-,35?,36-,37?/m0/s1/i39-1. The summed E-state index contributed by atoms with van der Waals surface area (Å²) in [5, 5.41) is 42.4. The van der Waals surface area contributed by atoms with Gasteiger partial charge in [0, 0.05) is 51.7 Å². The minimum atomic E-state index is -1.88. The summed E-state index contributed by atoms with van der Waals surface area (Å²) in [6.45, 7) is 4.11. The Hall–Kier alpha value is -3.47. The van der Waals surface area contributed by atoms with Crippen molar-refractivity contribution in [1.82, 2.24) is 20.3 Å². The fraction of sp³-hybridized carbons (Fsp3) is 0.789. The number of hydrogen-bond acceptors (Lipinski definition) is 17. The average Bonchev–Trinajstić information content (AvgIpc) is 3.66. The first-order valence-corrected chi connectivity index (χ1v) is 19.8. The Morgan fingerprint density at radius 1 is 0.759 bits per heavy atom. The number of aliphatic hydroxyl groups is 3. The molecule has 1 amide bonds. The monoisotopic (exact) mass is 831 g/mol. The quantitative estimate of drug-likeness (QED) is 0.0654. The second kappa shape index (κ2) is 29.7. The number of nitrogens with one attached hydrogen (secondary N) is 1. The molecule has 2 unspecified atom stereocenters. The van der Waals surface area contributed by atoms with Crippen molar-refractivity contribution in [3.8, 4) is 0 Å². The number of Topliss-reactive ketones (excluding diaryl/α,β-unsaturated/α-hetero) is 5. The highest BCUT2D eigenvalue weighted by Gasteiger charge is 2.47. The first-order chi connectivity index (χ1) is 27.9. The van der Waals surface area contributed by atoms with Crippen molar-refractivity contribution in [3.63, 3.8) is 0 Å². The van der Waals surface area contributed by atoms with Gasteiger partial charge in [-0.05, 0) is 25.7 Å². The number of halogens is 1. The summed E-state index contributed by atoms with van der Waals surface area (Å²) in [7, 11) is 0. The summed E-state index contributed by atoms with van der Waals surface area (Å²) >= 11 is 0. The number of ketones is 5. The summed E-state index contributed by atoms with van der Waals surface area (Å²) < 4.78 is 45.3. The number of rotatable bonds is 35. The molecular formula is C38H61FN4O15. The van der Waals surface area contributed by atoms with Crippen LogP contribution in [0.5, 0.6) is 0 Å². The van der Waals surface area contributed by atoms with Crippen molar-refractivity contribution in [3.05, 3.63) is 11.9 Å². The molecule has 1 fully saturated rings. The second-order valence-electron chi connectivity index (χ2n) is 13.7. The maximum absolute atomic E-state index is 13.5. The molecule has 1 aromatic rings. The third-order valence-corrected chi connectivity index (χ3v) is 9.01. The smallest absolute Gasteiger partial charge is 0.252 e. The van der Waals surface area contributed by atoms with Crippen LogP contribution in [-0.2, 0) is 70.3 Å². The van der Waals surface area contributed by atoms with E-state index < -0.39 is 54.9 Å². The lowest BCUT2D eigenvalue weighted by Crippen LogP contribution is -2.62. The molecule has 0 aromatic carbocycles. The number of amides is 1. The predicted octanol–water partition coefficient (Wildman–Crippen LogP) is -0.0482. The summed E-state index contributed by atoms with van der Waals surface area (Å²) in [5.74, 6) is -2.10. The van der Waals surface area contributed by atoms with Gasteiger partial charge in [0.1, 0.15) is 56.2 Å². The number of hydrogen-bond donors (Lipinski definition) is 4. The predicted molar refractivity (Wildman–Crippen MR) is 200 cm³/mol. The van der Waals surface area contributed by atoms with Gasteiger partial charge in [-0.2, -0.15) is 0 Å². The first-order valence-electron chi connectivity index (χ1n) is 19.8. The summed E-state index contributed by atoms with van der Waals surface area (Å²) in [4.78, 5) is 75.1. The average molecular weight is 832 g/mol. The lowest BCUT2D eigenvalue weighted by Gasteiger charge is -2.40. The maximum Gasteiger partial charge on any atom is 0.252 e. The molecule has 0 aliphatic carbocycles. The zero-order valence-electron chi connectivity index (χ0n) is 33.6. The van der Waals surface area contributed by atoms with Crippen LogP contribution in [-0.4, -0.2) is 168 Å². The molecule has 0 spiro atoms. The minimum Gasteiger partial charge on any atom is -0.388 e. The summed E-state index contributed by atoms with van der Waals surface area (Å²) in [6.07, 6.45) is -5.96. The van der Waals surface area contributed by atoms with E-state index in [2.05, 4.69) is 15.6 Å². The van der Waals surface area contributed by atoms with Crippen LogP contribution in [0.3, 0.4) is 0 Å². The van der Waals surface area contributed by atoms with Gasteiger partial charge in [-0.3, -0.25) is 28.8 Å². The molecule has 6 atom stereocenters. The molecule has 58 heavy (non-hydrogen) atoms. The Bertz CT molecular complexity index is 1400. The van der Waals surface area contributed by atoms with Crippen LogP contribution < -0.4 is 5.32 Å². The molecular weight excluding hydrogens is 770 g/mol. The third-order valence-electron chi connectivity index (χ3n) is 9.01. The van der Waals surface area contributed by atoms with Crippen LogP contribution in [0.2, 0.25) is 0 Å². The lowest BCUT2D eigenvalue weighted by molar-refractivity contribution is -0.222. The molecule has 0 radical (unpaired) electrons. The summed E-state index contributed by atoms with van der Waals surface area (Å²) in [6, 6.07) is -1.18. The number of ether oxygens (including phenoxy) is 6. The Morgan fingerprint density at radius 3 is 2.02 bits per heavy atom. The van der Waals surface area contributed by atoms with Crippen molar-refractivity contribution < 1.29 is 76.9 Å². The van der Waals surface area contributed by atoms with Crippen LogP contribution in [0, 0.1) is 0 Å². The summed E-state index contributed by atoms with van der Waals surface area (Å²) in [5.41, 5.74) is 0.458. The molecule has 1 aliphatic rings. The van der Waals surface area contributed by atoms with E-state index in [-0.39, 0.29) is 134 Å². The Morgan fingerprint density at radius 2 is 1.38 bits per heavy atom. The number of carbonyl (C=O) groups is 6. The molecule has 330 valence electrons. The minimum absolute atomic E-state index is 0.0205. The van der Waals surface area contributed by atoms with Crippen molar-refractivity contribution in [1.29, 1.82) is 0 Å². The molecule has 2 heterocycles. The largest absolute Gasteiger partial charge is 0.388 e. The molecule has 0 saturated carbocycles. The third kappa shape index (κ3) is 20.5. The number of nitrogens with zero attached hydrogens (tertiary/aromatic N) is 3. The first kappa shape index (κ1) is 50.7. The van der Waals surface area contributed by atoms with Crippen molar-refractivity contribution in [2.75, 3.05) is 66.1 Å². The van der Waals surface area contributed by atoms with Crippen LogP contribution in [0.15, 0.2) is 6.20 Å². The Labute approximate surface area is 337 Å². The maximum atomic E-state index is 13.5. The lowest BCUT2D eigenvalue weighted by atomic mass is 9.91. The molecule has 2 rings (SSSR count). The molecule has 20 heteroatoms. The molecule has 0 bridgehead atoms. The zero-order chi connectivity index (χ0) is 42.7. The van der Waals surface area contributed by atoms with E-state index in [9.17, 15) is 48.5 Å². The van der Waals surface area contributed by atoms with Gasteiger partial charge in [0.2, 0.25) is 0 Å². The van der Waals surface area contributed by atoms with Crippen molar-refractivity contribution in [2.45, 2.75) is 128 Å². The van der Waals surface area contributed by atoms with E-state index >= 15 is 0 Å². The number of aromatic nitrogens is 3. The highest BCUT2D eigenvalue weighted by molar-refractivity contribution is 5.91. The van der Waals surface area contributed by atoms with E-state index in [1.165, 1.54) is 10.9 Å². The zero-order valence-corrected chi connectivity index (χ0v) is 33.6. The van der Waals surface area contributed by atoms with Gasteiger partial charge >= 0.3 is 0 Å². The van der Waals surface area contributed by atoms with Crippen LogP contribution in [0.25, 0.3) is 0 Å². The van der Waals surface area contributed by atoms with Gasteiger partial charge in [0.05, 0.1) is 58.0 Å². The van der Waals surface area contributed by atoms with E-state index in [0.717, 1.165) is 0 Å². The van der Waals surface area contributed by atoms with E-state index in [1.54, 1.807) is 13.8 Å². The van der Waals surface area contributed by atoms with E-state index in [4.69, 9.17) is 28.4 Å². The topological polar surface area (TPSA) is 261 Å². The highest BCUT2D eigenvalue weighted by Crippen LogP contribution is 2.25. The van der Waals surface area contributed by atoms with Gasteiger partial charge in [-0.25, -0.2) is 9.07 Å². The normalized spacial score (nSPS) is 19.8. The van der Waals surface area contributed by atoms with Crippen LogP contribution in [0.4, 0.5) is 4.39 Å². The van der Waals surface area contributed by atoms with Crippen LogP contribution >= 0.6 is 0 Å². The second-order valence-corrected chi connectivity index (χ2v) is 13.7. The molecule has 4 N–H and O–H groups in total. The van der Waals surface area contributed by atoms with E-state index in [0.29, 0.717) is 31.6 Å². The van der Waals surface area contributed by atoms with Crippen molar-refractivity contribution in [2.24, 2.45) is 0 Å². The Balaban J connectivity index is 1.92. The van der Waals surface area contributed by atoms with Gasteiger partial charge < -0.3 is 49.1 Å². The Kier molecular flexibility index (Phi) is 25.9. The number of alkyl halides is 1. The van der Waals surface area contributed by atoms with Crippen molar-refractivity contribution >= 4 is 34.8 Å². The number of aliphatic hydroxyl groups excluding tert-OH is 3. The van der Waals surface area contributed by atoms with Gasteiger partial charge in [-0.1, -0.05) is 19.1 Å². The molecule has 1 aliphatic heterocycles. The highest BCUT2D eigenvalue weighted by atomic mass is 18.2. The number of carbonyl (C=O) groups excluding carboxylic acids is 6.